The molecule has 4 nitrogen and oxygen atoms in total. The second-order valence-electron chi connectivity index (χ2n) is 2.90. The van der Waals surface area contributed by atoms with E-state index in [1.165, 1.54) is 6.07 Å². The van der Waals surface area contributed by atoms with Gasteiger partial charge < -0.3 is 21.7 Å². The maximum absolute atomic E-state index is 9.42. The van der Waals surface area contributed by atoms with E-state index in [2.05, 4.69) is 0 Å². The van der Waals surface area contributed by atoms with Gasteiger partial charge in [-0.1, -0.05) is 12.1 Å². The van der Waals surface area contributed by atoms with Crippen LogP contribution < -0.4 is 11.5 Å². The van der Waals surface area contributed by atoms with Gasteiger partial charge in [0.25, 0.3) is 0 Å². The van der Waals surface area contributed by atoms with Gasteiger partial charge >= 0.3 is 0 Å². The summed E-state index contributed by atoms with van der Waals surface area (Å²) in [6.45, 7) is 0.455. The molecule has 1 rings (SSSR count). The third kappa shape index (κ3) is 2.11. The molecule has 13 heavy (non-hydrogen) atoms. The number of benzene rings is 1. The first-order chi connectivity index (χ1) is 6.16. The Hall–Kier alpha value is -1.26. The predicted molar refractivity (Wildman–Crippen MR) is 50.4 cm³/mol. The predicted octanol–water partition coefficient (Wildman–Crippen LogP) is 0.446. The maximum Gasteiger partial charge on any atom is 0.162 e. The molecule has 1 aromatic rings. The van der Waals surface area contributed by atoms with E-state index in [-0.39, 0.29) is 17.5 Å². The highest BCUT2D eigenvalue weighted by Gasteiger charge is 2.12. The molecule has 0 aliphatic rings. The molecule has 0 aromatic heterocycles. The van der Waals surface area contributed by atoms with Gasteiger partial charge in [-0.2, -0.15) is 0 Å². The fourth-order valence-electron chi connectivity index (χ4n) is 1.18. The minimum Gasteiger partial charge on any atom is -0.504 e. The molecule has 0 fully saturated rings. The van der Waals surface area contributed by atoms with Gasteiger partial charge in [0.15, 0.2) is 11.5 Å². The third-order valence-electron chi connectivity index (χ3n) is 1.92. The number of para-hydroxylation sites is 1. The van der Waals surface area contributed by atoms with Crippen LogP contribution in [0.25, 0.3) is 0 Å². The Kier molecular flexibility index (Phi) is 3.11. The van der Waals surface area contributed by atoms with Crippen molar-refractivity contribution in [1.82, 2.24) is 0 Å². The average Bonchev–Trinajstić information content (AvgIpc) is 2.10. The molecule has 1 atom stereocenters. The van der Waals surface area contributed by atoms with E-state index in [9.17, 15) is 10.2 Å². The molecule has 72 valence electrons. The van der Waals surface area contributed by atoms with Crippen molar-refractivity contribution < 1.29 is 10.2 Å². The van der Waals surface area contributed by atoms with E-state index in [0.717, 1.165) is 0 Å². The van der Waals surface area contributed by atoms with Gasteiger partial charge in [-0.05, 0) is 19.0 Å². The quantitative estimate of drug-likeness (QED) is 0.510. The topological polar surface area (TPSA) is 92.5 Å². The molecule has 6 N–H and O–H groups in total. The van der Waals surface area contributed by atoms with Crippen LogP contribution >= 0.6 is 0 Å². The van der Waals surface area contributed by atoms with Gasteiger partial charge in [0.05, 0.1) is 0 Å². The lowest BCUT2D eigenvalue weighted by atomic mass is 10.0. The Morgan fingerprint density at radius 3 is 2.62 bits per heavy atom. The van der Waals surface area contributed by atoms with Crippen LogP contribution in [0.15, 0.2) is 18.2 Å². The van der Waals surface area contributed by atoms with Crippen LogP contribution in [0.3, 0.4) is 0 Å². The number of rotatable bonds is 3. The second kappa shape index (κ2) is 4.11. The highest BCUT2D eigenvalue weighted by atomic mass is 16.3. The molecule has 0 saturated carbocycles. The van der Waals surface area contributed by atoms with Gasteiger partial charge in [-0.15, -0.1) is 0 Å². The Balaban J connectivity index is 2.93. The van der Waals surface area contributed by atoms with Crippen molar-refractivity contribution in [3.05, 3.63) is 23.8 Å². The number of phenols is 2. The molecular formula is C9H14N2O2. The van der Waals surface area contributed by atoms with Crippen LogP contribution in [0.2, 0.25) is 0 Å². The van der Waals surface area contributed by atoms with Crippen molar-refractivity contribution in [3.63, 3.8) is 0 Å². The van der Waals surface area contributed by atoms with Crippen molar-refractivity contribution in [1.29, 1.82) is 0 Å². The van der Waals surface area contributed by atoms with E-state index in [4.69, 9.17) is 11.5 Å². The van der Waals surface area contributed by atoms with Crippen molar-refractivity contribution in [3.8, 4) is 11.5 Å². The summed E-state index contributed by atoms with van der Waals surface area (Å²) in [5.41, 5.74) is 11.6. The fraction of sp³-hybridized carbons (Fsp3) is 0.333. The second-order valence-corrected chi connectivity index (χ2v) is 2.90. The molecule has 0 radical (unpaired) electrons. The largest absolute Gasteiger partial charge is 0.504 e. The van der Waals surface area contributed by atoms with Gasteiger partial charge in [0.1, 0.15) is 0 Å². The van der Waals surface area contributed by atoms with Gasteiger partial charge in [-0.3, -0.25) is 0 Å². The highest BCUT2D eigenvalue weighted by molar-refractivity contribution is 5.45. The van der Waals surface area contributed by atoms with E-state index in [1.807, 2.05) is 0 Å². The zero-order valence-corrected chi connectivity index (χ0v) is 7.27. The van der Waals surface area contributed by atoms with Crippen molar-refractivity contribution in [2.24, 2.45) is 11.5 Å². The number of nitrogens with two attached hydrogens (primary N) is 2. The van der Waals surface area contributed by atoms with Crippen LogP contribution in [0.4, 0.5) is 0 Å². The summed E-state index contributed by atoms with van der Waals surface area (Å²) in [4.78, 5) is 0. The van der Waals surface area contributed by atoms with Crippen molar-refractivity contribution >= 4 is 0 Å². The lowest BCUT2D eigenvalue weighted by Crippen LogP contribution is -2.15. The number of hydrogen-bond donors (Lipinski definition) is 4. The lowest BCUT2D eigenvalue weighted by Gasteiger charge is -2.12. The molecule has 0 spiro atoms. The van der Waals surface area contributed by atoms with Crippen molar-refractivity contribution in [2.45, 2.75) is 12.5 Å². The summed E-state index contributed by atoms with van der Waals surface area (Å²) in [6, 6.07) is 4.40. The lowest BCUT2D eigenvalue weighted by molar-refractivity contribution is 0.395. The summed E-state index contributed by atoms with van der Waals surface area (Å²) in [5, 5.41) is 18.6. The van der Waals surface area contributed by atoms with Crippen LogP contribution in [-0.4, -0.2) is 16.8 Å². The zero-order valence-electron chi connectivity index (χ0n) is 7.27. The maximum atomic E-state index is 9.42. The number of hydrogen-bond acceptors (Lipinski definition) is 4. The minimum atomic E-state index is -0.322. The van der Waals surface area contributed by atoms with E-state index in [0.29, 0.717) is 18.5 Å². The summed E-state index contributed by atoms with van der Waals surface area (Å²) in [6.07, 6.45) is 0.580. The molecule has 0 aliphatic carbocycles. The van der Waals surface area contributed by atoms with Crippen LogP contribution in [-0.2, 0) is 0 Å². The normalized spacial score (nSPS) is 12.8. The van der Waals surface area contributed by atoms with Gasteiger partial charge in [-0.25, -0.2) is 0 Å². The zero-order chi connectivity index (χ0) is 9.84. The Morgan fingerprint density at radius 1 is 1.31 bits per heavy atom. The Bertz CT molecular complexity index is 289. The van der Waals surface area contributed by atoms with Crippen LogP contribution in [0.5, 0.6) is 11.5 Å². The van der Waals surface area contributed by atoms with Crippen molar-refractivity contribution in [2.75, 3.05) is 6.54 Å². The molecule has 0 heterocycles. The number of phenolic OH excluding ortho intramolecular Hbond substituents is 2. The smallest absolute Gasteiger partial charge is 0.162 e. The minimum absolute atomic E-state index is 0.148. The third-order valence-corrected chi connectivity index (χ3v) is 1.92. The highest BCUT2D eigenvalue weighted by Crippen LogP contribution is 2.32. The Morgan fingerprint density at radius 2 is 2.00 bits per heavy atom. The first-order valence-corrected chi connectivity index (χ1v) is 4.13. The summed E-state index contributed by atoms with van der Waals surface area (Å²) >= 11 is 0. The fourth-order valence-corrected chi connectivity index (χ4v) is 1.18. The molecule has 0 bridgehead atoms. The molecule has 0 aliphatic heterocycles. The average molecular weight is 182 g/mol. The molecule has 4 heteroatoms. The van der Waals surface area contributed by atoms with Gasteiger partial charge in [0.2, 0.25) is 0 Å². The first kappa shape index (κ1) is 9.83. The van der Waals surface area contributed by atoms with Crippen LogP contribution in [0, 0.1) is 0 Å². The van der Waals surface area contributed by atoms with Crippen LogP contribution in [0.1, 0.15) is 18.0 Å². The van der Waals surface area contributed by atoms with E-state index in [1.54, 1.807) is 12.1 Å². The first-order valence-electron chi connectivity index (χ1n) is 4.13. The molecule has 0 saturated heterocycles. The van der Waals surface area contributed by atoms with E-state index < -0.39 is 0 Å². The summed E-state index contributed by atoms with van der Waals surface area (Å²) in [7, 11) is 0. The molecule has 0 amide bonds. The van der Waals surface area contributed by atoms with E-state index >= 15 is 0 Å². The Labute approximate surface area is 76.8 Å². The standard InChI is InChI=1S/C9H14N2O2/c10-5-4-7(11)6-2-1-3-8(12)9(6)13/h1-3,7,12-13H,4-5,10-11H2/t7-/m1/s1. The summed E-state index contributed by atoms with van der Waals surface area (Å²) < 4.78 is 0. The molecule has 0 unspecified atom stereocenters. The molecular weight excluding hydrogens is 168 g/mol. The number of aromatic hydroxyl groups is 2. The molecule has 1 aromatic carbocycles. The SMILES string of the molecule is NCC[C@@H](N)c1cccc(O)c1O. The van der Waals surface area contributed by atoms with Gasteiger partial charge in [0, 0.05) is 11.6 Å². The monoisotopic (exact) mass is 182 g/mol. The summed E-state index contributed by atoms with van der Waals surface area (Å²) in [5.74, 6) is -0.298.